The van der Waals surface area contributed by atoms with Crippen LogP contribution < -0.4 is 4.47 Å². The Morgan fingerprint density at radius 3 is 2.78 bits per heavy atom. The summed E-state index contributed by atoms with van der Waals surface area (Å²) in [5.41, 5.74) is 0. The Bertz CT molecular complexity index is 118. The topological polar surface area (TPSA) is 74.0 Å². The van der Waals surface area contributed by atoms with Gasteiger partial charge < -0.3 is 5.21 Å². The van der Waals surface area contributed by atoms with E-state index >= 15 is 0 Å². The summed E-state index contributed by atoms with van der Waals surface area (Å²) >= 11 is 0.782. The van der Waals surface area contributed by atoms with E-state index in [2.05, 4.69) is 0 Å². The van der Waals surface area contributed by atoms with Crippen molar-refractivity contribution < 1.29 is 9.26 Å². The van der Waals surface area contributed by atoms with E-state index in [-0.39, 0.29) is 0 Å². The van der Waals surface area contributed by atoms with E-state index < -0.39 is 10.5 Å². The Morgan fingerprint density at radius 1 is 1.89 bits per heavy atom. The molecule has 1 unspecified atom stereocenters. The minimum atomic E-state index is -1.21. The number of carbonyl (C=O) groups is 1. The lowest BCUT2D eigenvalue weighted by molar-refractivity contribution is -0.590. The highest BCUT2D eigenvalue weighted by Gasteiger charge is 2.09. The van der Waals surface area contributed by atoms with Gasteiger partial charge >= 0.3 is 6.03 Å². The van der Waals surface area contributed by atoms with Crippen molar-refractivity contribution in [3.63, 3.8) is 0 Å². The predicted molar refractivity (Wildman–Crippen MR) is 33.7 cm³/mol. The second kappa shape index (κ2) is 4.42. The molecule has 0 fully saturated rings. The molecular formula is C3H6N2O3S. The molecule has 0 saturated heterocycles. The molecule has 0 aromatic carbocycles. The smallest absolute Gasteiger partial charge is 0.488 e. The van der Waals surface area contributed by atoms with E-state index in [4.69, 9.17) is 0 Å². The standard InChI is InChI=1S/C3H6N2O3S/c1-2-9-5(8)3(6)4-7/h5H,2H2,1H3. The zero-order chi connectivity index (χ0) is 7.28. The molecule has 9 heavy (non-hydrogen) atoms. The highest BCUT2D eigenvalue weighted by Crippen LogP contribution is 1.82. The second-order valence-corrected chi connectivity index (χ2v) is 2.35. The van der Waals surface area contributed by atoms with Crippen molar-refractivity contribution >= 4 is 18.0 Å². The number of quaternary nitrogens is 1. The minimum absolute atomic E-state index is 0.486. The first-order valence-electron chi connectivity index (χ1n) is 2.26. The van der Waals surface area contributed by atoms with Gasteiger partial charge in [-0.2, -0.15) is 4.79 Å². The molecule has 0 bridgehead atoms. The van der Waals surface area contributed by atoms with E-state index in [0.29, 0.717) is 5.75 Å². The van der Waals surface area contributed by atoms with Gasteiger partial charge in [-0.25, -0.2) is 4.47 Å². The van der Waals surface area contributed by atoms with Gasteiger partial charge in [-0.1, -0.05) is 6.92 Å². The van der Waals surface area contributed by atoms with Gasteiger partial charge in [0.1, 0.15) is 0 Å². The maximum absolute atomic E-state index is 10.3. The van der Waals surface area contributed by atoms with Crippen LogP contribution in [-0.2, 0) is 0 Å². The number of rotatable bonds is 2. The highest BCUT2D eigenvalue weighted by molar-refractivity contribution is 7.93. The van der Waals surface area contributed by atoms with Crippen molar-refractivity contribution in [2.75, 3.05) is 5.75 Å². The Balaban J connectivity index is 3.58. The van der Waals surface area contributed by atoms with Gasteiger partial charge in [0.15, 0.2) is 0 Å². The van der Waals surface area contributed by atoms with E-state index in [1.165, 1.54) is 0 Å². The SMILES string of the molecule is CCS[NH+]([O-])C(=O)N=O. The van der Waals surface area contributed by atoms with Gasteiger partial charge in [-0.15, -0.1) is 4.91 Å². The van der Waals surface area contributed by atoms with Gasteiger partial charge in [0, 0.05) is 5.75 Å². The lowest BCUT2D eigenvalue weighted by Gasteiger charge is -2.09. The molecule has 0 aliphatic heterocycles. The first-order valence-corrected chi connectivity index (χ1v) is 3.25. The Kier molecular flexibility index (Phi) is 4.20. The van der Waals surface area contributed by atoms with Crippen LogP contribution in [0, 0.1) is 10.1 Å². The number of hydrogen-bond donors (Lipinski definition) is 1. The third-order valence-electron chi connectivity index (χ3n) is 0.533. The number of hydrogen-bond acceptors (Lipinski definition) is 4. The molecule has 0 saturated carbocycles. The summed E-state index contributed by atoms with van der Waals surface area (Å²) in [6.45, 7) is 1.71. The fourth-order valence-corrected chi connectivity index (χ4v) is 0.653. The van der Waals surface area contributed by atoms with E-state index in [0.717, 1.165) is 11.9 Å². The quantitative estimate of drug-likeness (QED) is 0.339. The summed E-state index contributed by atoms with van der Waals surface area (Å²) in [5.74, 6) is 0.486. The summed E-state index contributed by atoms with van der Waals surface area (Å²) in [4.78, 5) is 19.4. The number of urea groups is 1. The minimum Gasteiger partial charge on any atom is -0.612 e. The van der Waals surface area contributed by atoms with Crippen LogP contribution in [0.1, 0.15) is 6.92 Å². The third kappa shape index (κ3) is 3.17. The number of nitroso groups, excluding NO2 is 1. The van der Waals surface area contributed by atoms with Crippen molar-refractivity contribution in [2.24, 2.45) is 5.18 Å². The van der Waals surface area contributed by atoms with Crippen molar-refractivity contribution in [2.45, 2.75) is 6.92 Å². The van der Waals surface area contributed by atoms with Crippen LogP contribution in [0.2, 0.25) is 0 Å². The largest absolute Gasteiger partial charge is 0.612 e. The molecule has 0 radical (unpaired) electrons. The third-order valence-corrected chi connectivity index (χ3v) is 1.26. The number of carbonyl (C=O) groups excluding carboxylic acids is 1. The molecule has 6 heteroatoms. The van der Waals surface area contributed by atoms with E-state index in [9.17, 15) is 14.9 Å². The molecule has 0 rings (SSSR count). The molecule has 1 N–H and O–H groups in total. The van der Waals surface area contributed by atoms with Crippen LogP contribution in [0.15, 0.2) is 5.18 Å². The average molecular weight is 150 g/mol. The summed E-state index contributed by atoms with van der Waals surface area (Å²) in [7, 11) is 0. The van der Waals surface area contributed by atoms with Gasteiger partial charge in [0.2, 0.25) is 0 Å². The average Bonchev–Trinajstić information content (AvgIpc) is 1.87. The molecule has 0 aromatic rings. The maximum Gasteiger partial charge on any atom is 0.488 e. The van der Waals surface area contributed by atoms with E-state index in [1.807, 2.05) is 5.18 Å². The number of amides is 2. The van der Waals surface area contributed by atoms with Crippen molar-refractivity contribution in [1.29, 1.82) is 0 Å². The Hall–Kier alpha value is -0.460. The Labute approximate surface area is 56.1 Å². The molecule has 1 atom stereocenters. The molecule has 0 aromatic heterocycles. The van der Waals surface area contributed by atoms with Crippen LogP contribution in [-0.4, -0.2) is 11.8 Å². The van der Waals surface area contributed by atoms with Gasteiger partial charge in [0.25, 0.3) is 0 Å². The predicted octanol–water partition coefficient (Wildman–Crippen LogP) is -0.0764. The van der Waals surface area contributed by atoms with Crippen molar-refractivity contribution in [3.05, 3.63) is 10.1 Å². The van der Waals surface area contributed by atoms with Gasteiger partial charge in [0.05, 0.1) is 17.1 Å². The fourth-order valence-electron chi connectivity index (χ4n) is 0.230. The Morgan fingerprint density at radius 2 is 2.44 bits per heavy atom. The van der Waals surface area contributed by atoms with Crippen LogP contribution in [0.25, 0.3) is 0 Å². The molecule has 2 amide bonds. The maximum atomic E-state index is 10.3. The number of nitrogens with one attached hydrogen (secondary N) is 1. The molecule has 5 nitrogen and oxygen atoms in total. The molecule has 0 aliphatic rings. The molecule has 52 valence electrons. The lowest BCUT2D eigenvalue weighted by atomic mass is 11.0. The molecular weight excluding hydrogens is 144 g/mol. The van der Waals surface area contributed by atoms with Gasteiger partial charge in [-0.05, 0) is 0 Å². The zero-order valence-electron chi connectivity index (χ0n) is 4.79. The fraction of sp³-hybridized carbons (Fsp3) is 0.667. The molecule has 0 heterocycles. The normalized spacial score (nSPS) is 12.7. The first kappa shape index (κ1) is 8.54. The number of nitrogens with zero attached hydrogens (tertiary/aromatic N) is 1. The van der Waals surface area contributed by atoms with E-state index in [1.54, 1.807) is 6.92 Å². The summed E-state index contributed by atoms with van der Waals surface area (Å²) in [6.07, 6.45) is 0. The molecule has 0 aliphatic carbocycles. The van der Waals surface area contributed by atoms with Crippen LogP contribution in [0.3, 0.4) is 0 Å². The van der Waals surface area contributed by atoms with Crippen molar-refractivity contribution in [3.8, 4) is 0 Å². The zero-order valence-corrected chi connectivity index (χ0v) is 5.60. The first-order chi connectivity index (χ1) is 4.22. The molecule has 0 spiro atoms. The summed E-state index contributed by atoms with van der Waals surface area (Å²) in [6, 6.07) is -1.21. The highest BCUT2D eigenvalue weighted by atomic mass is 32.2. The van der Waals surface area contributed by atoms with Crippen LogP contribution in [0.5, 0.6) is 0 Å². The van der Waals surface area contributed by atoms with Gasteiger partial charge in [-0.3, -0.25) is 0 Å². The monoisotopic (exact) mass is 150 g/mol. The summed E-state index contributed by atoms with van der Waals surface area (Å²) < 4.78 is -0.785. The van der Waals surface area contributed by atoms with Crippen LogP contribution in [0.4, 0.5) is 4.79 Å². The van der Waals surface area contributed by atoms with Crippen LogP contribution >= 0.6 is 11.9 Å². The second-order valence-electron chi connectivity index (χ2n) is 1.12. The summed E-state index contributed by atoms with van der Waals surface area (Å²) in [5, 5.41) is 12.2. The van der Waals surface area contributed by atoms with Crippen molar-refractivity contribution in [1.82, 2.24) is 0 Å². The number of hydroxylamine groups is 1. The lowest BCUT2D eigenvalue weighted by Crippen LogP contribution is -3.02.